The maximum atomic E-state index is 8.86. The van der Waals surface area contributed by atoms with Crippen LogP contribution in [0.25, 0.3) is 0 Å². The fourth-order valence-electron chi connectivity index (χ4n) is 1.33. The molecule has 2 unspecified atom stereocenters. The molecular formula is C11H25NO. The lowest BCUT2D eigenvalue weighted by molar-refractivity contribution is 0.228. The number of rotatable bonds is 8. The Morgan fingerprint density at radius 2 is 2.00 bits per heavy atom. The van der Waals surface area contributed by atoms with E-state index in [0.29, 0.717) is 12.0 Å². The van der Waals surface area contributed by atoms with Crippen LogP contribution in [0.1, 0.15) is 46.5 Å². The molecule has 0 spiro atoms. The zero-order chi connectivity index (χ0) is 10.1. The van der Waals surface area contributed by atoms with Gasteiger partial charge in [-0.25, -0.2) is 0 Å². The van der Waals surface area contributed by atoms with Gasteiger partial charge in [-0.05, 0) is 18.8 Å². The highest BCUT2D eigenvalue weighted by molar-refractivity contribution is 4.66. The Hall–Kier alpha value is -0.0800. The molecule has 0 aromatic heterocycles. The summed E-state index contributed by atoms with van der Waals surface area (Å²) in [6.07, 6.45) is 5.04. The van der Waals surface area contributed by atoms with Gasteiger partial charge in [0.05, 0.1) is 0 Å². The van der Waals surface area contributed by atoms with E-state index in [0.717, 1.165) is 6.54 Å². The minimum atomic E-state index is 0.289. The first kappa shape index (κ1) is 12.9. The third-order valence-corrected chi connectivity index (χ3v) is 2.47. The fraction of sp³-hybridized carbons (Fsp3) is 1.00. The molecule has 0 saturated heterocycles. The van der Waals surface area contributed by atoms with Gasteiger partial charge in [0.1, 0.15) is 0 Å². The van der Waals surface area contributed by atoms with Crippen LogP contribution in [-0.2, 0) is 0 Å². The predicted molar refractivity (Wildman–Crippen MR) is 57.9 cm³/mol. The molecule has 0 rings (SSSR count). The molecular weight excluding hydrogens is 162 g/mol. The van der Waals surface area contributed by atoms with Crippen LogP contribution in [0.4, 0.5) is 0 Å². The van der Waals surface area contributed by atoms with E-state index < -0.39 is 0 Å². The molecule has 0 aliphatic carbocycles. The van der Waals surface area contributed by atoms with E-state index >= 15 is 0 Å². The lowest BCUT2D eigenvalue weighted by Crippen LogP contribution is -2.33. The van der Waals surface area contributed by atoms with Crippen LogP contribution < -0.4 is 5.32 Å². The lowest BCUT2D eigenvalue weighted by atomic mass is 10.1. The Balaban J connectivity index is 3.46. The van der Waals surface area contributed by atoms with Crippen molar-refractivity contribution in [3.8, 4) is 0 Å². The topological polar surface area (TPSA) is 32.3 Å². The highest BCUT2D eigenvalue weighted by atomic mass is 16.3. The van der Waals surface area contributed by atoms with E-state index in [4.69, 9.17) is 5.11 Å². The number of unbranched alkanes of at least 4 members (excludes halogenated alkanes) is 1. The Morgan fingerprint density at radius 1 is 1.31 bits per heavy atom. The highest BCUT2D eigenvalue weighted by Gasteiger charge is 2.06. The Kier molecular flexibility index (Phi) is 8.46. The number of aliphatic hydroxyl groups excluding tert-OH is 1. The van der Waals surface area contributed by atoms with Gasteiger partial charge in [-0.2, -0.15) is 0 Å². The van der Waals surface area contributed by atoms with Crippen LogP contribution in [0, 0.1) is 5.92 Å². The quantitative estimate of drug-likeness (QED) is 0.610. The first-order valence-electron chi connectivity index (χ1n) is 5.58. The van der Waals surface area contributed by atoms with Gasteiger partial charge in [-0.15, -0.1) is 0 Å². The normalized spacial score (nSPS) is 15.7. The smallest absolute Gasteiger partial charge is 0.0468 e. The summed E-state index contributed by atoms with van der Waals surface area (Å²) >= 11 is 0. The van der Waals surface area contributed by atoms with Crippen LogP contribution in [-0.4, -0.2) is 24.3 Å². The molecule has 2 atom stereocenters. The summed E-state index contributed by atoms with van der Waals surface area (Å²) in [5.41, 5.74) is 0. The van der Waals surface area contributed by atoms with Crippen LogP contribution in [0.5, 0.6) is 0 Å². The summed E-state index contributed by atoms with van der Waals surface area (Å²) in [4.78, 5) is 0. The first-order valence-corrected chi connectivity index (χ1v) is 5.58. The monoisotopic (exact) mass is 187 g/mol. The van der Waals surface area contributed by atoms with Gasteiger partial charge < -0.3 is 10.4 Å². The van der Waals surface area contributed by atoms with Gasteiger partial charge in [0.25, 0.3) is 0 Å². The zero-order valence-electron chi connectivity index (χ0n) is 9.34. The Bertz CT molecular complexity index is 106. The molecule has 0 aliphatic heterocycles. The minimum Gasteiger partial charge on any atom is -0.396 e. The van der Waals surface area contributed by atoms with Crippen LogP contribution in [0.15, 0.2) is 0 Å². The second kappa shape index (κ2) is 8.52. The molecule has 0 amide bonds. The standard InChI is InChI=1S/C11H25NO/c1-4-6-7-11(5-2)12-8-10(3)9-13/h10-13H,4-9H2,1-3H3. The number of aliphatic hydroxyl groups is 1. The van der Waals surface area contributed by atoms with Crippen molar-refractivity contribution in [2.24, 2.45) is 5.92 Å². The summed E-state index contributed by atoms with van der Waals surface area (Å²) < 4.78 is 0. The van der Waals surface area contributed by atoms with Crippen LogP contribution >= 0.6 is 0 Å². The zero-order valence-corrected chi connectivity index (χ0v) is 9.34. The summed E-state index contributed by atoms with van der Waals surface area (Å²) in [5, 5.41) is 12.4. The number of nitrogens with one attached hydrogen (secondary N) is 1. The van der Waals surface area contributed by atoms with Gasteiger partial charge in [-0.1, -0.05) is 33.6 Å². The van der Waals surface area contributed by atoms with E-state index in [1.54, 1.807) is 0 Å². The number of hydrogen-bond donors (Lipinski definition) is 2. The average Bonchev–Trinajstić information content (AvgIpc) is 2.17. The third-order valence-electron chi connectivity index (χ3n) is 2.47. The number of hydrogen-bond acceptors (Lipinski definition) is 2. The Morgan fingerprint density at radius 3 is 2.46 bits per heavy atom. The molecule has 80 valence electrons. The van der Waals surface area contributed by atoms with Crippen molar-refractivity contribution in [1.29, 1.82) is 0 Å². The van der Waals surface area contributed by atoms with Crippen molar-refractivity contribution >= 4 is 0 Å². The van der Waals surface area contributed by atoms with Crippen molar-refractivity contribution in [3.05, 3.63) is 0 Å². The molecule has 0 fully saturated rings. The summed E-state index contributed by atoms with van der Waals surface area (Å²) in [7, 11) is 0. The lowest BCUT2D eigenvalue weighted by Gasteiger charge is -2.18. The third kappa shape index (κ3) is 7.03. The molecule has 0 aromatic carbocycles. The van der Waals surface area contributed by atoms with Gasteiger partial charge in [-0.3, -0.25) is 0 Å². The molecule has 13 heavy (non-hydrogen) atoms. The minimum absolute atomic E-state index is 0.289. The molecule has 2 heteroatoms. The van der Waals surface area contributed by atoms with Crippen molar-refractivity contribution < 1.29 is 5.11 Å². The summed E-state index contributed by atoms with van der Waals surface area (Å²) in [5.74, 6) is 0.385. The first-order chi connectivity index (χ1) is 6.24. The van der Waals surface area contributed by atoms with Crippen LogP contribution in [0.2, 0.25) is 0 Å². The summed E-state index contributed by atoms with van der Waals surface area (Å²) in [6.45, 7) is 7.75. The maximum absolute atomic E-state index is 8.86. The molecule has 0 saturated carbocycles. The SMILES string of the molecule is CCCCC(CC)NCC(C)CO. The van der Waals surface area contributed by atoms with E-state index in [1.165, 1.54) is 25.7 Å². The van der Waals surface area contributed by atoms with Crippen molar-refractivity contribution in [2.75, 3.05) is 13.2 Å². The van der Waals surface area contributed by atoms with Crippen molar-refractivity contribution in [2.45, 2.75) is 52.5 Å². The van der Waals surface area contributed by atoms with Crippen LogP contribution in [0.3, 0.4) is 0 Å². The van der Waals surface area contributed by atoms with E-state index in [9.17, 15) is 0 Å². The molecule has 0 bridgehead atoms. The summed E-state index contributed by atoms with van der Waals surface area (Å²) in [6, 6.07) is 0.647. The second-order valence-electron chi connectivity index (χ2n) is 3.94. The molecule has 0 aliphatic rings. The molecule has 0 heterocycles. The maximum Gasteiger partial charge on any atom is 0.0468 e. The van der Waals surface area contributed by atoms with Crippen molar-refractivity contribution in [1.82, 2.24) is 5.32 Å². The van der Waals surface area contributed by atoms with Gasteiger partial charge in [0.15, 0.2) is 0 Å². The van der Waals surface area contributed by atoms with Crippen molar-refractivity contribution in [3.63, 3.8) is 0 Å². The Labute approximate surface area is 82.7 Å². The van der Waals surface area contributed by atoms with Gasteiger partial charge >= 0.3 is 0 Å². The average molecular weight is 187 g/mol. The van der Waals surface area contributed by atoms with E-state index in [1.807, 2.05) is 0 Å². The molecule has 2 N–H and O–H groups in total. The largest absolute Gasteiger partial charge is 0.396 e. The van der Waals surface area contributed by atoms with Gasteiger partial charge in [0.2, 0.25) is 0 Å². The van der Waals surface area contributed by atoms with E-state index in [-0.39, 0.29) is 6.61 Å². The molecule has 2 nitrogen and oxygen atoms in total. The predicted octanol–water partition coefficient (Wildman–Crippen LogP) is 2.17. The van der Waals surface area contributed by atoms with Gasteiger partial charge in [0, 0.05) is 19.2 Å². The van der Waals surface area contributed by atoms with E-state index in [2.05, 4.69) is 26.1 Å². The molecule has 0 aromatic rings. The second-order valence-corrected chi connectivity index (χ2v) is 3.94. The molecule has 0 radical (unpaired) electrons. The fourth-order valence-corrected chi connectivity index (χ4v) is 1.33. The highest BCUT2D eigenvalue weighted by Crippen LogP contribution is 2.04.